The Morgan fingerprint density at radius 1 is 1.32 bits per heavy atom. The van der Waals surface area contributed by atoms with Gasteiger partial charge < -0.3 is 9.80 Å². The maximum atomic E-state index is 12.1. The predicted molar refractivity (Wildman–Crippen MR) is 73.4 cm³/mol. The molecular weight excluding hydrogens is 242 g/mol. The molecule has 5 nitrogen and oxygen atoms in total. The zero-order valence-corrected chi connectivity index (χ0v) is 12.0. The highest BCUT2D eigenvalue weighted by Gasteiger charge is 2.20. The Hall–Kier alpha value is -1.91. The van der Waals surface area contributed by atoms with Crippen LogP contribution >= 0.6 is 0 Å². The minimum absolute atomic E-state index is 0.0287. The van der Waals surface area contributed by atoms with Gasteiger partial charge in [-0.05, 0) is 18.1 Å². The standard InChI is InChI=1S/C14H21N3O2/c1-11(8-12-6-5-7-15-9-12)14(19)17(4)10-13(18)16(2)3/h5-7,9,11H,8,10H2,1-4H3/t11-/m0/s1. The van der Waals surface area contributed by atoms with Crippen LogP contribution in [0.5, 0.6) is 0 Å². The molecule has 0 radical (unpaired) electrons. The molecular formula is C14H21N3O2. The van der Waals surface area contributed by atoms with Crippen LogP contribution in [-0.2, 0) is 16.0 Å². The first-order valence-corrected chi connectivity index (χ1v) is 6.26. The molecule has 0 bridgehead atoms. The third kappa shape index (κ3) is 4.69. The summed E-state index contributed by atoms with van der Waals surface area (Å²) >= 11 is 0. The number of carbonyl (C=O) groups is 2. The van der Waals surface area contributed by atoms with Gasteiger partial charge in [-0.2, -0.15) is 0 Å². The highest BCUT2D eigenvalue weighted by molar-refractivity contribution is 5.85. The maximum Gasteiger partial charge on any atom is 0.241 e. The van der Waals surface area contributed by atoms with Crippen LogP contribution in [0.1, 0.15) is 12.5 Å². The second-order valence-electron chi connectivity index (χ2n) is 4.95. The molecule has 0 saturated carbocycles. The molecule has 1 atom stereocenters. The largest absolute Gasteiger partial charge is 0.347 e. The van der Waals surface area contributed by atoms with Crippen LogP contribution in [0.2, 0.25) is 0 Å². The van der Waals surface area contributed by atoms with Crippen LogP contribution in [0, 0.1) is 5.92 Å². The quantitative estimate of drug-likeness (QED) is 0.790. The van der Waals surface area contributed by atoms with Crippen molar-refractivity contribution in [2.45, 2.75) is 13.3 Å². The van der Waals surface area contributed by atoms with Gasteiger partial charge in [0.05, 0.1) is 6.54 Å². The van der Waals surface area contributed by atoms with Gasteiger partial charge in [0, 0.05) is 39.5 Å². The molecule has 1 aromatic rings. The topological polar surface area (TPSA) is 53.5 Å². The summed E-state index contributed by atoms with van der Waals surface area (Å²) in [6.07, 6.45) is 4.10. The van der Waals surface area contributed by atoms with Crippen LogP contribution < -0.4 is 0 Å². The Balaban J connectivity index is 2.54. The fourth-order valence-electron chi connectivity index (χ4n) is 1.76. The van der Waals surface area contributed by atoms with E-state index in [0.717, 1.165) is 5.56 Å². The van der Waals surface area contributed by atoms with E-state index in [1.54, 1.807) is 33.5 Å². The Morgan fingerprint density at radius 2 is 2.00 bits per heavy atom. The van der Waals surface area contributed by atoms with Crippen LogP contribution in [-0.4, -0.2) is 54.3 Å². The number of nitrogens with zero attached hydrogens (tertiary/aromatic N) is 3. The Labute approximate surface area is 114 Å². The van der Waals surface area contributed by atoms with Gasteiger partial charge in [-0.3, -0.25) is 14.6 Å². The smallest absolute Gasteiger partial charge is 0.241 e. The number of carbonyl (C=O) groups excluding carboxylic acids is 2. The molecule has 0 unspecified atom stereocenters. The van der Waals surface area contributed by atoms with Gasteiger partial charge in [-0.25, -0.2) is 0 Å². The van der Waals surface area contributed by atoms with Gasteiger partial charge in [0.2, 0.25) is 11.8 Å². The van der Waals surface area contributed by atoms with Crippen LogP contribution in [0.4, 0.5) is 0 Å². The maximum absolute atomic E-state index is 12.1. The molecule has 0 spiro atoms. The SMILES string of the molecule is C[C@@H](Cc1cccnc1)C(=O)N(C)CC(=O)N(C)C. The van der Waals surface area contributed by atoms with Gasteiger partial charge in [-0.1, -0.05) is 13.0 Å². The molecule has 104 valence electrons. The van der Waals surface area contributed by atoms with Gasteiger partial charge in [0.1, 0.15) is 0 Å². The van der Waals surface area contributed by atoms with E-state index in [2.05, 4.69) is 4.98 Å². The van der Waals surface area contributed by atoms with Crippen molar-refractivity contribution in [3.63, 3.8) is 0 Å². The van der Waals surface area contributed by atoms with Crippen molar-refractivity contribution >= 4 is 11.8 Å². The third-order valence-electron chi connectivity index (χ3n) is 2.93. The fourth-order valence-corrected chi connectivity index (χ4v) is 1.76. The Kier molecular flexibility index (Phi) is 5.48. The van der Waals surface area contributed by atoms with E-state index in [4.69, 9.17) is 0 Å². The van der Waals surface area contributed by atoms with E-state index in [1.807, 2.05) is 19.1 Å². The van der Waals surface area contributed by atoms with E-state index >= 15 is 0 Å². The van der Waals surface area contributed by atoms with Crippen LogP contribution in [0.25, 0.3) is 0 Å². The molecule has 19 heavy (non-hydrogen) atoms. The molecule has 0 N–H and O–H groups in total. The summed E-state index contributed by atoms with van der Waals surface area (Å²) in [4.78, 5) is 30.7. The molecule has 0 fully saturated rings. The second-order valence-corrected chi connectivity index (χ2v) is 4.95. The molecule has 0 saturated heterocycles. The van der Waals surface area contributed by atoms with E-state index in [1.165, 1.54) is 9.80 Å². The first kappa shape index (κ1) is 15.1. The molecule has 5 heteroatoms. The third-order valence-corrected chi connectivity index (χ3v) is 2.93. The van der Waals surface area contributed by atoms with Gasteiger partial charge in [0.15, 0.2) is 0 Å². The molecule has 1 aromatic heterocycles. The number of aromatic nitrogens is 1. The second kappa shape index (κ2) is 6.87. The van der Waals surface area contributed by atoms with Crippen molar-refractivity contribution < 1.29 is 9.59 Å². The predicted octanol–water partition coefficient (Wildman–Crippen LogP) is 0.807. The lowest BCUT2D eigenvalue weighted by atomic mass is 10.0. The summed E-state index contributed by atoms with van der Waals surface area (Å²) in [5, 5.41) is 0. The zero-order chi connectivity index (χ0) is 14.4. The monoisotopic (exact) mass is 263 g/mol. The Bertz CT molecular complexity index is 432. The van der Waals surface area contributed by atoms with Crippen molar-refractivity contribution in [3.05, 3.63) is 30.1 Å². The molecule has 1 heterocycles. The number of amides is 2. The van der Waals surface area contributed by atoms with Crippen molar-refractivity contribution in [2.24, 2.45) is 5.92 Å². The van der Waals surface area contributed by atoms with Crippen molar-refractivity contribution in [1.29, 1.82) is 0 Å². The molecule has 0 aliphatic heterocycles. The summed E-state index contributed by atoms with van der Waals surface area (Å²) in [5.41, 5.74) is 1.02. The van der Waals surface area contributed by atoms with Crippen molar-refractivity contribution in [1.82, 2.24) is 14.8 Å². The summed E-state index contributed by atoms with van der Waals surface area (Å²) in [6.45, 7) is 1.98. The van der Waals surface area contributed by atoms with Gasteiger partial charge in [0.25, 0.3) is 0 Å². The first-order valence-electron chi connectivity index (χ1n) is 6.26. The molecule has 1 rings (SSSR count). The van der Waals surface area contributed by atoms with E-state index in [9.17, 15) is 9.59 Å². The lowest BCUT2D eigenvalue weighted by Gasteiger charge is -2.22. The summed E-state index contributed by atoms with van der Waals surface area (Å²) in [5.74, 6) is -0.271. The number of pyridine rings is 1. The average molecular weight is 263 g/mol. The first-order chi connectivity index (χ1) is 8.91. The molecule has 2 amide bonds. The summed E-state index contributed by atoms with van der Waals surface area (Å²) < 4.78 is 0. The highest BCUT2D eigenvalue weighted by Crippen LogP contribution is 2.09. The van der Waals surface area contributed by atoms with E-state index < -0.39 is 0 Å². The normalized spacial score (nSPS) is 11.8. The summed E-state index contributed by atoms with van der Waals surface area (Å²) in [7, 11) is 5.02. The minimum Gasteiger partial charge on any atom is -0.347 e. The molecule has 0 aliphatic rings. The summed E-state index contributed by atoms with van der Waals surface area (Å²) in [6, 6.07) is 3.80. The van der Waals surface area contributed by atoms with E-state index in [0.29, 0.717) is 6.42 Å². The lowest BCUT2D eigenvalue weighted by Crippen LogP contribution is -2.40. The van der Waals surface area contributed by atoms with Crippen LogP contribution in [0.15, 0.2) is 24.5 Å². The lowest BCUT2D eigenvalue weighted by molar-refractivity contribution is -0.140. The number of hydrogen-bond acceptors (Lipinski definition) is 3. The van der Waals surface area contributed by atoms with Crippen LogP contribution in [0.3, 0.4) is 0 Å². The number of hydrogen-bond donors (Lipinski definition) is 0. The number of rotatable bonds is 5. The van der Waals surface area contributed by atoms with Crippen molar-refractivity contribution in [3.8, 4) is 0 Å². The van der Waals surface area contributed by atoms with Gasteiger partial charge in [-0.15, -0.1) is 0 Å². The minimum atomic E-state index is -0.163. The average Bonchev–Trinajstić information content (AvgIpc) is 2.38. The highest BCUT2D eigenvalue weighted by atomic mass is 16.2. The molecule has 0 aromatic carbocycles. The van der Waals surface area contributed by atoms with E-state index in [-0.39, 0.29) is 24.3 Å². The Morgan fingerprint density at radius 3 is 2.53 bits per heavy atom. The molecule has 0 aliphatic carbocycles. The number of likely N-dealkylation sites (N-methyl/N-ethyl adjacent to an activating group) is 2. The fraction of sp³-hybridized carbons (Fsp3) is 0.500. The van der Waals surface area contributed by atoms with Crippen molar-refractivity contribution in [2.75, 3.05) is 27.7 Å². The van der Waals surface area contributed by atoms with Gasteiger partial charge >= 0.3 is 0 Å². The zero-order valence-electron chi connectivity index (χ0n) is 12.0.